The number of carbonyl (C=O) groups is 2. The Hall–Kier alpha value is -2.04. The Morgan fingerprint density at radius 1 is 0.958 bits per heavy atom. The lowest BCUT2D eigenvalue weighted by Crippen LogP contribution is -2.20. The van der Waals surface area contributed by atoms with Gasteiger partial charge in [-0.2, -0.15) is 0 Å². The first kappa shape index (κ1) is 20.0. The van der Waals surface area contributed by atoms with Crippen molar-refractivity contribution >= 4 is 17.6 Å². The molecule has 0 heterocycles. The van der Waals surface area contributed by atoms with Gasteiger partial charge in [-0.05, 0) is 30.7 Å². The SMILES string of the molecule is CCCCCCCCCCNc1ccc(C(=O)OCC(N)=O)cc1. The van der Waals surface area contributed by atoms with Gasteiger partial charge in [0.05, 0.1) is 5.56 Å². The quantitative estimate of drug-likeness (QED) is 0.424. The van der Waals surface area contributed by atoms with Gasteiger partial charge in [0, 0.05) is 12.2 Å². The van der Waals surface area contributed by atoms with E-state index in [0.29, 0.717) is 5.56 Å². The van der Waals surface area contributed by atoms with Gasteiger partial charge in [0.15, 0.2) is 6.61 Å². The third kappa shape index (κ3) is 9.18. The van der Waals surface area contributed by atoms with Crippen molar-refractivity contribution in [3.05, 3.63) is 29.8 Å². The molecular formula is C19H30N2O3. The van der Waals surface area contributed by atoms with Crippen LogP contribution in [0.15, 0.2) is 24.3 Å². The molecule has 0 aromatic heterocycles. The molecule has 0 radical (unpaired) electrons. The number of ether oxygens (including phenoxy) is 1. The minimum Gasteiger partial charge on any atom is -0.452 e. The van der Waals surface area contributed by atoms with Crippen molar-refractivity contribution in [2.24, 2.45) is 5.73 Å². The number of amides is 1. The molecule has 5 heteroatoms. The molecule has 0 aliphatic carbocycles. The van der Waals surface area contributed by atoms with Crippen LogP contribution in [0.1, 0.15) is 68.6 Å². The van der Waals surface area contributed by atoms with Crippen molar-refractivity contribution in [1.29, 1.82) is 0 Å². The second kappa shape index (κ2) is 12.4. The molecule has 24 heavy (non-hydrogen) atoms. The molecule has 1 aromatic carbocycles. The lowest BCUT2D eigenvalue weighted by atomic mass is 10.1. The zero-order chi connectivity index (χ0) is 17.6. The van der Waals surface area contributed by atoms with Crippen LogP contribution in [0.5, 0.6) is 0 Å². The number of nitrogens with one attached hydrogen (secondary N) is 1. The minimum absolute atomic E-state index is 0.392. The van der Waals surface area contributed by atoms with Crippen LogP contribution in [0.4, 0.5) is 5.69 Å². The van der Waals surface area contributed by atoms with Crippen molar-refractivity contribution in [3.8, 4) is 0 Å². The third-order valence-corrected chi connectivity index (χ3v) is 3.83. The van der Waals surface area contributed by atoms with E-state index in [1.165, 1.54) is 44.9 Å². The van der Waals surface area contributed by atoms with Crippen LogP contribution in [0, 0.1) is 0 Å². The standard InChI is InChI=1S/C19H30N2O3/c1-2-3-4-5-6-7-8-9-14-21-17-12-10-16(11-13-17)19(23)24-15-18(20)22/h10-13,21H,2-9,14-15H2,1H3,(H2,20,22). The molecule has 134 valence electrons. The summed E-state index contributed by atoms with van der Waals surface area (Å²) in [6.07, 6.45) is 10.4. The van der Waals surface area contributed by atoms with Crippen LogP contribution in [-0.2, 0) is 9.53 Å². The molecule has 0 aliphatic heterocycles. The van der Waals surface area contributed by atoms with Crippen LogP contribution in [-0.4, -0.2) is 25.0 Å². The van der Waals surface area contributed by atoms with Crippen molar-refractivity contribution < 1.29 is 14.3 Å². The number of anilines is 1. The van der Waals surface area contributed by atoms with Gasteiger partial charge in [-0.15, -0.1) is 0 Å². The summed E-state index contributed by atoms with van der Waals surface area (Å²) in [4.78, 5) is 22.2. The first-order chi connectivity index (χ1) is 11.6. The van der Waals surface area contributed by atoms with Gasteiger partial charge in [0.2, 0.25) is 0 Å². The predicted octanol–water partition coefficient (Wildman–Crippen LogP) is 3.88. The van der Waals surface area contributed by atoms with E-state index in [-0.39, 0.29) is 0 Å². The average Bonchev–Trinajstić information content (AvgIpc) is 2.58. The van der Waals surface area contributed by atoms with E-state index >= 15 is 0 Å². The Kier molecular flexibility index (Phi) is 10.3. The van der Waals surface area contributed by atoms with Gasteiger partial charge in [-0.3, -0.25) is 4.79 Å². The predicted molar refractivity (Wildman–Crippen MR) is 97.0 cm³/mol. The van der Waals surface area contributed by atoms with Gasteiger partial charge < -0.3 is 15.8 Å². The van der Waals surface area contributed by atoms with E-state index in [9.17, 15) is 9.59 Å². The zero-order valence-corrected chi connectivity index (χ0v) is 14.7. The zero-order valence-electron chi connectivity index (χ0n) is 14.7. The van der Waals surface area contributed by atoms with E-state index in [4.69, 9.17) is 10.5 Å². The maximum atomic E-state index is 11.6. The molecule has 1 amide bonds. The average molecular weight is 334 g/mol. The van der Waals surface area contributed by atoms with Crippen molar-refractivity contribution in [1.82, 2.24) is 0 Å². The summed E-state index contributed by atoms with van der Waals surface area (Å²) in [5.41, 5.74) is 6.32. The van der Waals surface area contributed by atoms with Crippen molar-refractivity contribution in [2.75, 3.05) is 18.5 Å². The van der Waals surface area contributed by atoms with Crippen molar-refractivity contribution in [3.63, 3.8) is 0 Å². The van der Waals surface area contributed by atoms with Crippen LogP contribution in [0.3, 0.4) is 0 Å². The molecule has 0 fully saturated rings. The highest BCUT2D eigenvalue weighted by Gasteiger charge is 2.08. The lowest BCUT2D eigenvalue weighted by Gasteiger charge is -2.07. The molecule has 0 unspecified atom stereocenters. The largest absolute Gasteiger partial charge is 0.452 e. The monoisotopic (exact) mass is 334 g/mol. The highest BCUT2D eigenvalue weighted by molar-refractivity contribution is 5.91. The van der Waals surface area contributed by atoms with Crippen molar-refractivity contribution in [2.45, 2.75) is 58.3 Å². The van der Waals surface area contributed by atoms with E-state index < -0.39 is 18.5 Å². The van der Waals surface area contributed by atoms with Crippen LogP contribution >= 0.6 is 0 Å². The van der Waals surface area contributed by atoms with Gasteiger partial charge in [-0.1, -0.05) is 51.9 Å². The summed E-state index contributed by atoms with van der Waals surface area (Å²) < 4.78 is 4.76. The normalized spacial score (nSPS) is 10.4. The Labute approximate surface area is 145 Å². The smallest absolute Gasteiger partial charge is 0.338 e. The maximum Gasteiger partial charge on any atom is 0.338 e. The van der Waals surface area contributed by atoms with Gasteiger partial charge >= 0.3 is 5.97 Å². The summed E-state index contributed by atoms with van der Waals surface area (Å²) >= 11 is 0. The van der Waals surface area contributed by atoms with E-state index in [0.717, 1.165) is 18.7 Å². The van der Waals surface area contributed by atoms with E-state index in [2.05, 4.69) is 12.2 Å². The number of primary amides is 1. The fraction of sp³-hybridized carbons (Fsp3) is 0.579. The molecule has 0 atom stereocenters. The Morgan fingerprint density at radius 2 is 1.54 bits per heavy atom. The fourth-order valence-corrected chi connectivity index (χ4v) is 2.44. The molecule has 0 bridgehead atoms. The Balaban J connectivity index is 2.14. The number of carbonyl (C=O) groups excluding carboxylic acids is 2. The molecule has 0 spiro atoms. The molecule has 1 rings (SSSR count). The minimum atomic E-state index is -0.660. The van der Waals surface area contributed by atoms with Crippen LogP contribution in [0.2, 0.25) is 0 Å². The number of hydrogen-bond acceptors (Lipinski definition) is 4. The topological polar surface area (TPSA) is 81.4 Å². The number of unbranched alkanes of at least 4 members (excludes halogenated alkanes) is 7. The molecule has 0 saturated heterocycles. The number of hydrogen-bond donors (Lipinski definition) is 2. The molecule has 1 aromatic rings. The Morgan fingerprint density at radius 3 is 2.12 bits per heavy atom. The summed E-state index contributed by atoms with van der Waals surface area (Å²) in [6, 6.07) is 7.04. The summed E-state index contributed by atoms with van der Waals surface area (Å²) in [7, 11) is 0. The number of esters is 1. The number of benzene rings is 1. The van der Waals surface area contributed by atoms with Gasteiger partial charge in [0.1, 0.15) is 0 Å². The summed E-state index contributed by atoms with van der Waals surface area (Å²) in [6.45, 7) is 2.78. The third-order valence-electron chi connectivity index (χ3n) is 3.83. The molecular weight excluding hydrogens is 304 g/mol. The number of nitrogens with two attached hydrogens (primary N) is 1. The Bertz CT molecular complexity index is 486. The van der Waals surface area contributed by atoms with E-state index in [1.54, 1.807) is 12.1 Å². The number of rotatable bonds is 13. The molecule has 3 N–H and O–H groups in total. The highest BCUT2D eigenvalue weighted by Crippen LogP contribution is 2.12. The summed E-state index contributed by atoms with van der Waals surface area (Å²) in [5, 5.41) is 3.35. The van der Waals surface area contributed by atoms with Crippen LogP contribution in [0.25, 0.3) is 0 Å². The van der Waals surface area contributed by atoms with Gasteiger partial charge in [-0.25, -0.2) is 4.79 Å². The summed E-state index contributed by atoms with van der Waals surface area (Å²) in [5.74, 6) is -1.20. The molecule has 0 aliphatic rings. The molecule has 0 saturated carbocycles. The first-order valence-electron chi connectivity index (χ1n) is 8.93. The first-order valence-corrected chi connectivity index (χ1v) is 8.93. The lowest BCUT2D eigenvalue weighted by molar-refractivity contribution is -0.121. The second-order valence-electron chi connectivity index (χ2n) is 6.02. The fourth-order valence-electron chi connectivity index (χ4n) is 2.44. The maximum absolute atomic E-state index is 11.6. The van der Waals surface area contributed by atoms with Crippen LogP contribution < -0.4 is 11.1 Å². The highest BCUT2D eigenvalue weighted by atomic mass is 16.5. The second-order valence-corrected chi connectivity index (χ2v) is 6.02. The molecule has 5 nitrogen and oxygen atoms in total. The van der Waals surface area contributed by atoms with E-state index in [1.807, 2.05) is 12.1 Å². The van der Waals surface area contributed by atoms with Gasteiger partial charge in [0.25, 0.3) is 5.91 Å².